The zero-order valence-electron chi connectivity index (χ0n) is 13.1. The molecule has 0 saturated carbocycles. The molecule has 4 nitrogen and oxygen atoms in total. The first kappa shape index (κ1) is 18.6. The van der Waals surface area contributed by atoms with Crippen LogP contribution >= 0.6 is 12.4 Å². The van der Waals surface area contributed by atoms with Gasteiger partial charge in [0.25, 0.3) is 0 Å². The van der Waals surface area contributed by atoms with Crippen LogP contribution in [0.4, 0.5) is 5.69 Å². The molecule has 0 fully saturated rings. The average molecular weight is 334 g/mol. The van der Waals surface area contributed by atoms with Crippen LogP contribution in [0.1, 0.15) is 18.1 Å². The van der Waals surface area contributed by atoms with Gasteiger partial charge in [-0.1, -0.05) is 24.3 Å². The number of carboxylic acid groups (broad SMARTS) is 1. The first-order valence-electron chi connectivity index (χ1n) is 6.97. The Morgan fingerprint density at radius 3 is 2.26 bits per heavy atom. The summed E-state index contributed by atoms with van der Waals surface area (Å²) in [6.07, 6.45) is 1.65. The summed E-state index contributed by atoms with van der Waals surface area (Å²) in [5.74, 6) is -0.0598. The number of halogens is 1. The van der Waals surface area contributed by atoms with Crippen molar-refractivity contribution in [2.24, 2.45) is 0 Å². The Morgan fingerprint density at radius 1 is 1.13 bits per heavy atom. The van der Waals surface area contributed by atoms with Crippen LogP contribution in [0.15, 0.2) is 54.1 Å². The van der Waals surface area contributed by atoms with E-state index < -0.39 is 5.97 Å². The normalized spacial score (nSPS) is 10.6. The summed E-state index contributed by atoms with van der Waals surface area (Å²) in [5.41, 5.74) is 3.33. The molecular weight excluding hydrogens is 314 g/mol. The van der Waals surface area contributed by atoms with E-state index in [4.69, 9.17) is 9.84 Å². The summed E-state index contributed by atoms with van der Waals surface area (Å²) < 4.78 is 5.13. The maximum atomic E-state index is 10.8. The number of nitrogens with one attached hydrogen (secondary N) is 1. The van der Waals surface area contributed by atoms with Crippen molar-refractivity contribution in [2.45, 2.75) is 13.5 Å². The minimum atomic E-state index is -0.901. The zero-order valence-corrected chi connectivity index (χ0v) is 13.9. The molecule has 23 heavy (non-hydrogen) atoms. The first-order valence-corrected chi connectivity index (χ1v) is 6.97. The molecule has 0 atom stereocenters. The van der Waals surface area contributed by atoms with Gasteiger partial charge in [0.15, 0.2) is 0 Å². The van der Waals surface area contributed by atoms with Gasteiger partial charge in [-0.15, -0.1) is 12.4 Å². The fourth-order valence-electron chi connectivity index (χ4n) is 1.96. The van der Waals surface area contributed by atoms with Gasteiger partial charge in [-0.2, -0.15) is 0 Å². The molecular formula is C18H20ClNO3. The molecule has 2 aromatic carbocycles. The topological polar surface area (TPSA) is 58.6 Å². The van der Waals surface area contributed by atoms with E-state index in [9.17, 15) is 4.79 Å². The standard InChI is InChI=1S/C18H19NO3.ClH/c1-13(18(20)21)11-14-3-7-16(8-4-14)19-12-15-5-9-17(22-2)10-6-15;/h3-11,19H,12H2,1-2H3,(H,20,21);1H. The van der Waals surface area contributed by atoms with E-state index in [1.54, 1.807) is 20.1 Å². The molecule has 0 bridgehead atoms. The van der Waals surface area contributed by atoms with Crippen LogP contribution in [0.2, 0.25) is 0 Å². The second-order valence-corrected chi connectivity index (χ2v) is 4.96. The van der Waals surface area contributed by atoms with Crippen molar-refractivity contribution in [3.63, 3.8) is 0 Å². The van der Waals surface area contributed by atoms with Crippen LogP contribution in [0.25, 0.3) is 6.08 Å². The lowest BCUT2D eigenvalue weighted by molar-refractivity contribution is -0.132. The van der Waals surface area contributed by atoms with Crippen molar-refractivity contribution < 1.29 is 14.6 Å². The minimum Gasteiger partial charge on any atom is -0.497 e. The molecule has 0 heterocycles. The van der Waals surface area contributed by atoms with Gasteiger partial charge in [0, 0.05) is 17.8 Å². The van der Waals surface area contributed by atoms with Gasteiger partial charge in [0.2, 0.25) is 0 Å². The van der Waals surface area contributed by atoms with Crippen molar-refractivity contribution in [2.75, 3.05) is 12.4 Å². The molecule has 2 aromatic rings. The second-order valence-electron chi connectivity index (χ2n) is 4.96. The number of carboxylic acids is 1. The van der Waals surface area contributed by atoms with Crippen molar-refractivity contribution in [3.8, 4) is 5.75 Å². The van der Waals surface area contributed by atoms with E-state index in [2.05, 4.69) is 5.32 Å². The highest BCUT2D eigenvalue weighted by molar-refractivity contribution is 5.91. The fourth-order valence-corrected chi connectivity index (χ4v) is 1.96. The monoisotopic (exact) mass is 333 g/mol. The largest absolute Gasteiger partial charge is 0.497 e. The third-order valence-electron chi connectivity index (χ3n) is 3.29. The smallest absolute Gasteiger partial charge is 0.331 e. The van der Waals surface area contributed by atoms with Gasteiger partial charge in [0.05, 0.1) is 7.11 Å². The van der Waals surface area contributed by atoms with E-state index in [0.717, 1.165) is 22.6 Å². The summed E-state index contributed by atoms with van der Waals surface area (Å²) in [7, 11) is 1.65. The van der Waals surface area contributed by atoms with Gasteiger partial charge >= 0.3 is 5.97 Å². The van der Waals surface area contributed by atoms with Crippen LogP contribution in [0, 0.1) is 0 Å². The third-order valence-corrected chi connectivity index (χ3v) is 3.29. The molecule has 0 aliphatic rings. The fraction of sp³-hybridized carbons (Fsp3) is 0.167. The SMILES string of the molecule is COc1ccc(CNc2ccc(C=C(C)C(=O)O)cc2)cc1.Cl. The summed E-state index contributed by atoms with van der Waals surface area (Å²) in [6.45, 7) is 2.30. The maximum absolute atomic E-state index is 10.8. The van der Waals surface area contributed by atoms with Crippen LogP contribution < -0.4 is 10.1 Å². The lowest BCUT2D eigenvalue weighted by Crippen LogP contribution is -1.99. The highest BCUT2D eigenvalue weighted by Gasteiger charge is 2.00. The summed E-state index contributed by atoms with van der Waals surface area (Å²) in [5, 5.41) is 12.2. The van der Waals surface area contributed by atoms with E-state index in [-0.39, 0.29) is 12.4 Å². The Labute approximate surface area is 142 Å². The average Bonchev–Trinajstić information content (AvgIpc) is 2.54. The molecule has 122 valence electrons. The van der Waals surface area contributed by atoms with E-state index in [1.165, 1.54) is 0 Å². The molecule has 0 unspecified atom stereocenters. The molecule has 2 rings (SSSR count). The number of ether oxygens (including phenoxy) is 1. The van der Waals surface area contributed by atoms with Gasteiger partial charge in [-0.3, -0.25) is 0 Å². The first-order chi connectivity index (χ1) is 10.6. The second kappa shape index (κ2) is 8.86. The molecule has 0 radical (unpaired) electrons. The molecule has 0 aliphatic heterocycles. The van der Waals surface area contributed by atoms with Crippen LogP contribution in [0.5, 0.6) is 5.75 Å². The summed E-state index contributed by atoms with van der Waals surface area (Å²) in [6, 6.07) is 15.5. The Balaban J connectivity index is 0.00000264. The highest BCUT2D eigenvalue weighted by atomic mass is 35.5. The summed E-state index contributed by atoms with van der Waals surface area (Å²) >= 11 is 0. The Hall–Kier alpha value is -2.46. The molecule has 0 amide bonds. The van der Waals surface area contributed by atoms with Gasteiger partial charge in [-0.25, -0.2) is 4.79 Å². The lowest BCUT2D eigenvalue weighted by Gasteiger charge is -2.08. The quantitative estimate of drug-likeness (QED) is 0.777. The van der Waals surface area contributed by atoms with Crippen LogP contribution in [-0.4, -0.2) is 18.2 Å². The molecule has 0 saturated heterocycles. The van der Waals surface area contributed by atoms with Crippen molar-refractivity contribution in [1.29, 1.82) is 0 Å². The molecule has 2 N–H and O–H groups in total. The maximum Gasteiger partial charge on any atom is 0.331 e. The predicted octanol–water partition coefficient (Wildman–Crippen LogP) is 4.22. The van der Waals surface area contributed by atoms with Gasteiger partial charge < -0.3 is 15.2 Å². The van der Waals surface area contributed by atoms with Crippen molar-refractivity contribution in [1.82, 2.24) is 0 Å². The number of carbonyl (C=O) groups is 1. The Morgan fingerprint density at radius 2 is 1.74 bits per heavy atom. The molecule has 0 spiro atoms. The number of hydrogen-bond acceptors (Lipinski definition) is 3. The molecule has 0 aromatic heterocycles. The molecule has 5 heteroatoms. The van der Waals surface area contributed by atoms with E-state index >= 15 is 0 Å². The van der Waals surface area contributed by atoms with Gasteiger partial charge in [0.1, 0.15) is 5.75 Å². The number of benzene rings is 2. The Kier molecular flexibility index (Phi) is 7.16. The Bertz CT molecular complexity index is 664. The predicted molar refractivity (Wildman–Crippen MR) is 95.3 cm³/mol. The number of hydrogen-bond donors (Lipinski definition) is 2. The van der Waals surface area contributed by atoms with E-state index in [0.29, 0.717) is 12.1 Å². The summed E-state index contributed by atoms with van der Waals surface area (Å²) in [4.78, 5) is 10.8. The molecule has 0 aliphatic carbocycles. The third kappa shape index (κ3) is 5.68. The van der Waals surface area contributed by atoms with Crippen molar-refractivity contribution >= 4 is 30.1 Å². The minimum absolute atomic E-state index is 0. The number of methoxy groups -OCH3 is 1. The van der Waals surface area contributed by atoms with Crippen molar-refractivity contribution in [3.05, 3.63) is 65.2 Å². The van der Waals surface area contributed by atoms with Crippen LogP contribution in [0.3, 0.4) is 0 Å². The number of anilines is 1. The number of aliphatic carboxylic acids is 1. The highest BCUT2D eigenvalue weighted by Crippen LogP contribution is 2.15. The lowest BCUT2D eigenvalue weighted by atomic mass is 10.1. The van der Waals surface area contributed by atoms with Gasteiger partial charge in [-0.05, 0) is 48.4 Å². The van der Waals surface area contributed by atoms with E-state index in [1.807, 2.05) is 48.5 Å². The van der Waals surface area contributed by atoms with Crippen LogP contribution in [-0.2, 0) is 11.3 Å². The number of rotatable bonds is 6. The zero-order chi connectivity index (χ0) is 15.9.